The lowest BCUT2D eigenvalue weighted by Crippen LogP contribution is -2.43. The first-order valence-corrected chi connectivity index (χ1v) is 6.79. The second kappa shape index (κ2) is 4.86. The van der Waals surface area contributed by atoms with Gasteiger partial charge in [-0.15, -0.1) is 6.42 Å². The van der Waals surface area contributed by atoms with Crippen LogP contribution in [0.25, 0.3) is 11.0 Å². The van der Waals surface area contributed by atoms with Crippen LogP contribution in [0.4, 0.5) is 5.82 Å². The van der Waals surface area contributed by atoms with Crippen LogP contribution in [0.2, 0.25) is 5.28 Å². The van der Waals surface area contributed by atoms with Crippen molar-refractivity contribution in [1.82, 2.24) is 14.5 Å². The molecule has 1 aliphatic rings. The number of halogens is 1. The summed E-state index contributed by atoms with van der Waals surface area (Å²) < 4.78 is 7.10. The Hall–Kier alpha value is -1.79. The van der Waals surface area contributed by atoms with Gasteiger partial charge in [0, 0.05) is 12.6 Å². The average Bonchev–Trinajstić information content (AvgIpc) is 2.99. The lowest BCUT2D eigenvalue weighted by molar-refractivity contribution is -0.108. The average molecular weight is 319 g/mol. The second-order valence-corrected chi connectivity index (χ2v) is 5.50. The minimum absolute atomic E-state index is 0.0386. The zero-order chi connectivity index (χ0) is 16.1. The van der Waals surface area contributed by atoms with Crippen molar-refractivity contribution >= 4 is 36.3 Å². The normalized spacial score (nSPS) is 31.5. The highest BCUT2D eigenvalue weighted by atomic mass is 35.5. The number of fused-ring (bicyclic) bond motifs is 1. The van der Waals surface area contributed by atoms with E-state index < -0.39 is 23.9 Å². The summed E-state index contributed by atoms with van der Waals surface area (Å²) >= 11 is 5.83. The van der Waals surface area contributed by atoms with E-state index >= 15 is 0 Å². The number of hydrogen-bond acceptors (Lipinski definition) is 6. The van der Waals surface area contributed by atoms with E-state index in [9.17, 15) is 10.2 Å². The number of hydrogen-bond donors (Lipinski definition) is 3. The van der Waals surface area contributed by atoms with Crippen LogP contribution < -0.4 is 5.73 Å². The van der Waals surface area contributed by atoms with Gasteiger partial charge < -0.3 is 25.3 Å². The zero-order valence-electron chi connectivity index (χ0n) is 11.4. The van der Waals surface area contributed by atoms with Crippen LogP contribution in [0.15, 0.2) is 12.3 Å². The van der Waals surface area contributed by atoms with Gasteiger partial charge in [-0.1, -0.05) is 5.92 Å². The molecule has 0 aromatic carbocycles. The third-order valence-electron chi connectivity index (χ3n) is 3.82. The highest BCUT2D eigenvalue weighted by Crippen LogP contribution is 2.41. The summed E-state index contributed by atoms with van der Waals surface area (Å²) in [6.45, 7) is -0.569. The molecule has 112 valence electrons. The van der Waals surface area contributed by atoms with E-state index in [0.717, 1.165) is 0 Å². The third-order valence-corrected chi connectivity index (χ3v) is 3.99. The van der Waals surface area contributed by atoms with Gasteiger partial charge in [0.05, 0.1) is 12.0 Å². The summed E-state index contributed by atoms with van der Waals surface area (Å²) in [5.41, 5.74) is 3.06. The number of rotatable bonds is 2. The largest absolute Gasteiger partial charge is 0.392 e. The van der Waals surface area contributed by atoms with Crippen LogP contribution in [-0.4, -0.2) is 50.9 Å². The van der Waals surface area contributed by atoms with Crippen molar-refractivity contribution in [2.45, 2.75) is 23.8 Å². The Balaban J connectivity index is 2.14. The van der Waals surface area contributed by atoms with Gasteiger partial charge in [0.25, 0.3) is 0 Å². The van der Waals surface area contributed by atoms with Crippen LogP contribution in [0, 0.1) is 12.3 Å². The number of aliphatic hydroxyl groups is 2. The molecule has 0 bridgehead atoms. The van der Waals surface area contributed by atoms with Gasteiger partial charge in [0.15, 0.2) is 5.60 Å². The molecule has 3 heterocycles. The molecule has 0 spiro atoms. The molecule has 3 atom stereocenters. The van der Waals surface area contributed by atoms with E-state index in [1.165, 1.54) is 4.57 Å². The van der Waals surface area contributed by atoms with Gasteiger partial charge in [-0.3, -0.25) is 0 Å². The van der Waals surface area contributed by atoms with Crippen LogP contribution in [0.1, 0.15) is 6.42 Å². The van der Waals surface area contributed by atoms with Crippen molar-refractivity contribution in [3.63, 3.8) is 0 Å². The fraction of sp³-hybridized carbons (Fsp3) is 0.385. The molecular formula is C13H12BClN4O3. The number of aromatic nitrogens is 3. The van der Waals surface area contributed by atoms with Gasteiger partial charge in [0.2, 0.25) is 5.28 Å². The maximum Gasteiger partial charge on any atom is 0.226 e. The smallest absolute Gasteiger partial charge is 0.226 e. The summed E-state index contributed by atoms with van der Waals surface area (Å²) in [6, 6.07) is 1.65. The van der Waals surface area contributed by atoms with E-state index in [4.69, 9.17) is 36.3 Å². The second-order valence-electron chi connectivity index (χ2n) is 5.16. The summed E-state index contributed by atoms with van der Waals surface area (Å²) in [4.78, 5) is 7.95. The van der Waals surface area contributed by atoms with Crippen molar-refractivity contribution in [2.24, 2.45) is 0 Å². The molecule has 1 saturated heterocycles. The summed E-state index contributed by atoms with van der Waals surface area (Å²) in [5, 5.41) is 20.1. The predicted octanol–water partition coefficient (Wildman–Crippen LogP) is -0.409. The SMILES string of the molecule is [B][C@]1(n2ccc3c(N)nc(Cl)nc32)C[C@H](O)[C@@](C#C)(CO)O1. The molecule has 2 aromatic heterocycles. The Bertz CT molecular complexity index is 791. The number of aliphatic hydroxyl groups excluding tert-OH is 2. The lowest BCUT2D eigenvalue weighted by atomic mass is 9.85. The van der Waals surface area contributed by atoms with Crippen molar-refractivity contribution < 1.29 is 14.9 Å². The van der Waals surface area contributed by atoms with Crippen LogP contribution >= 0.6 is 11.6 Å². The van der Waals surface area contributed by atoms with E-state index in [0.29, 0.717) is 11.0 Å². The first-order chi connectivity index (χ1) is 10.3. The predicted molar refractivity (Wildman–Crippen MR) is 81.0 cm³/mol. The van der Waals surface area contributed by atoms with Crippen molar-refractivity contribution in [2.75, 3.05) is 12.3 Å². The molecule has 9 heteroatoms. The topological polar surface area (TPSA) is 106 Å². The van der Waals surface area contributed by atoms with Gasteiger partial charge in [-0.25, -0.2) is 4.98 Å². The molecule has 7 nitrogen and oxygen atoms in total. The number of nitrogen functional groups attached to an aromatic ring is 1. The Morgan fingerprint density at radius 2 is 2.36 bits per heavy atom. The Morgan fingerprint density at radius 1 is 1.64 bits per heavy atom. The van der Waals surface area contributed by atoms with E-state index in [1.54, 1.807) is 12.3 Å². The van der Waals surface area contributed by atoms with Crippen LogP contribution in [0.5, 0.6) is 0 Å². The first-order valence-electron chi connectivity index (χ1n) is 6.41. The lowest BCUT2D eigenvalue weighted by Gasteiger charge is -2.30. The molecule has 0 unspecified atom stereocenters. The first kappa shape index (κ1) is 15.1. The van der Waals surface area contributed by atoms with Gasteiger partial charge >= 0.3 is 0 Å². The number of nitrogens with two attached hydrogens (primary N) is 1. The maximum atomic E-state index is 10.2. The fourth-order valence-electron chi connectivity index (χ4n) is 2.64. The van der Waals surface area contributed by atoms with E-state index in [1.807, 2.05) is 0 Å². The number of nitrogens with zero attached hydrogens (tertiary/aromatic N) is 3. The molecule has 1 aliphatic heterocycles. The molecule has 1 fully saturated rings. The molecule has 0 amide bonds. The van der Waals surface area contributed by atoms with Gasteiger partial charge in [0.1, 0.15) is 31.0 Å². The van der Waals surface area contributed by atoms with Crippen molar-refractivity contribution in [3.8, 4) is 12.3 Å². The van der Waals surface area contributed by atoms with Gasteiger partial charge in [-0.2, -0.15) is 4.98 Å². The fourth-order valence-corrected chi connectivity index (χ4v) is 2.81. The van der Waals surface area contributed by atoms with Gasteiger partial charge in [-0.05, 0) is 17.7 Å². The summed E-state index contributed by atoms with van der Waals surface area (Å²) in [7, 11) is 6.24. The highest BCUT2D eigenvalue weighted by Gasteiger charge is 2.53. The molecule has 0 aliphatic carbocycles. The Labute approximate surface area is 132 Å². The summed E-state index contributed by atoms with van der Waals surface area (Å²) in [5.74, 6) is 2.46. The minimum atomic E-state index is -1.58. The third kappa shape index (κ3) is 1.98. The van der Waals surface area contributed by atoms with Crippen molar-refractivity contribution in [1.29, 1.82) is 0 Å². The molecule has 0 saturated carbocycles. The molecule has 22 heavy (non-hydrogen) atoms. The quantitative estimate of drug-likeness (QED) is 0.395. The van der Waals surface area contributed by atoms with Crippen LogP contribution in [-0.2, 0) is 10.4 Å². The summed E-state index contributed by atoms with van der Waals surface area (Å²) in [6.07, 6.45) is 5.79. The highest BCUT2D eigenvalue weighted by molar-refractivity contribution is 6.28. The molecule has 4 N–H and O–H groups in total. The molecule has 2 radical (unpaired) electrons. The Kier molecular flexibility index (Phi) is 3.34. The molecule has 2 aromatic rings. The number of ether oxygens (including phenoxy) is 1. The Morgan fingerprint density at radius 3 is 2.95 bits per heavy atom. The monoisotopic (exact) mass is 318 g/mol. The molecular weight excluding hydrogens is 306 g/mol. The maximum absolute atomic E-state index is 10.2. The minimum Gasteiger partial charge on any atom is -0.392 e. The standard InChI is InChI=1S/C13H12BClN4O3/c1-2-12(6-20)8(21)5-13(14,22-12)19-4-3-7-9(16)17-11(15)18-10(7)19/h1,3-4,8,20-21H,5-6H2,(H2,16,17,18)/t8-,12+,13-/m0/s1. The van der Waals surface area contributed by atoms with Crippen LogP contribution in [0.3, 0.4) is 0 Å². The van der Waals surface area contributed by atoms with E-state index in [-0.39, 0.29) is 17.5 Å². The number of anilines is 1. The van der Waals surface area contributed by atoms with Crippen molar-refractivity contribution in [3.05, 3.63) is 17.5 Å². The number of terminal acetylenes is 1. The zero-order valence-corrected chi connectivity index (χ0v) is 12.2. The van der Waals surface area contributed by atoms with E-state index in [2.05, 4.69) is 15.9 Å². The molecule has 3 rings (SSSR count).